The Morgan fingerprint density at radius 1 is 1.05 bits per heavy atom. The molecule has 0 fully saturated rings. The van der Waals surface area contributed by atoms with E-state index in [4.69, 9.17) is 0 Å². The fourth-order valence-electron chi connectivity index (χ4n) is 1.52. The number of hydrogen-bond acceptors (Lipinski definition) is 3. The van der Waals surface area contributed by atoms with Gasteiger partial charge in [-0.3, -0.25) is 15.2 Å². The zero-order chi connectivity index (χ0) is 15.6. The van der Waals surface area contributed by atoms with Gasteiger partial charge in [0, 0.05) is 18.0 Å². The molecule has 110 valence electrons. The molecule has 0 saturated carbocycles. The van der Waals surface area contributed by atoms with Gasteiger partial charge in [-0.1, -0.05) is 30.0 Å². The van der Waals surface area contributed by atoms with Crippen molar-refractivity contribution < 1.29 is 9.59 Å². The fourth-order valence-corrected chi connectivity index (χ4v) is 1.52. The number of carbonyl (C=O) groups excluding carboxylic acids is 2. The molecule has 1 aromatic heterocycles. The predicted molar refractivity (Wildman–Crippen MR) is 81.6 cm³/mol. The van der Waals surface area contributed by atoms with Crippen molar-refractivity contribution in [2.24, 2.45) is 0 Å². The van der Waals surface area contributed by atoms with Gasteiger partial charge in [0.25, 0.3) is 5.91 Å². The van der Waals surface area contributed by atoms with Crippen molar-refractivity contribution in [2.45, 2.75) is 0 Å². The highest BCUT2D eigenvalue weighted by Crippen LogP contribution is 1.94. The molecule has 6 nitrogen and oxygen atoms in total. The third-order valence-electron chi connectivity index (χ3n) is 2.56. The SMILES string of the molecule is O=C(NCC#Cc1ccccc1)NNC(=O)c1cccnc1. The van der Waals surface area contributed by atoms with Gasteiger partial charge >= 0.3 is 6.03 Å². The summed E-state index contributed by atoms with van der Waals surface area (Å²) in [5, 5.41) is 2.51. The van der Waals surface area contributed by atoms with Gasteiger partial charge in [0.1, 0.15) is 0 Å². The van der Waals surface area contributed by atoms with Gasteiger partial charge in [0.15, 0.2) is 0 Å². The first-order valence-electron chi connectivity index (χ1n) is 6.54. The van der Waals surface area contributed by atoms with E-state index in [1.807, 2.05) is 30.3 Å². The maximum Gasteiger partial charge on any atom is 0.334 e. The lowest BCUT2D eigenvalue weighted by molar-refractivity contribution is 0.0936. The van der Waals surface area contributed by atoms with E-state index in [2.05, 4.69) is 33.0 Å². The Morgan fingerprint density at radius 2 is 1.86 bits per heavy atom. The molecule has 22 heavy (non-hydrogen) atoms. The Bertz CT molecular complexity index is 690. The second kappa shape index (κ2) is 8.07. The number of aromatic nitrogens is 1. The van der Waals surface area contributed by atoms with Crippen LogP contribution in [0.1, 0.15) is 15.9 Å². The van der Waals surface area contributed by atoms with E-state index < -0.39 is 11.9 Å². The first-order valence-corrected chi connectivity index (χ1v) is 6.54. The molecule has 6 heteroatoms. The summed E-state index contributed by atoms with van der Waals surface area (Å²) < 4.78 is 0. The summed E-state index contributed by atoms with van der Waals surface area (Å²) in [5.74, 6) is 5.26. The normalized spacial score (nSPS) is 9.09. The van der Waals surface area contributed by atoms with Gasteiger partial charge in [0.2, 0.25) is 0 Å². The molecular formula is C16H14N4O2. The molecule has 0 aliphatic heterocycles. The van der Waals surface area contributed by atoms with Crippen molar-refractivity contribution >= 4 is 11.9 Å². The minimum Gasteiger partial charge on any atom is -0.326 e. The van der Waals surface area contributed by atoms with E-state index in [-0.39, 0.29) is 6.54 Å². The van der Waals surface area contributed by atoms with E-state index >= 15 is 0 Å². The zero-order valence-corrected chi connectivity index (χ0v) is 11.7. The van der Waals surface area contributed by atoms with Crippen LogP contribution in [0.15, 0.2) is 54.9 Å². The molecule has 0 aliphatic rings. The maximum absolute atomic E-state index is 11.6. The first kappa shape index (κ1) is 15.1. The van der Waals surface area contributed by atoms with E-state index in [0.29, 0.717) is 5.56 Å². The highest BCUT2D eigenvalue weighted by atomic mass is 16.2. The van der Waals surface area contributed by atoms with Crippen molar-refractivity contribution in [1.82, 2.24) is 21.2 Å². The number of benzene rings is 1. The van der Waals surface area contributed by atoms with E-state index in [0.717, 1.165) is 5.56 Å². The topological polar surface area (TPSA) is 83.1 Å². The molecule has 0 spiro atoms. The van der Waals surface area contributed by atoms with Crippen LogP contribution in [-0.2, 0) is 0 Å². The number of pyridine rings is 1. The van der Waals surface area contributed by atoms with Crippen LogP contribution in [0.25, 0.3) is 0 Å². The smallest absolute Gasteiger partial charge is 0.326 e. The minimum absolute atomic E-state index is 0.170. The Labute approximate surface area is 127 Å². The molecule has 0 saturated heterocycles. The lowest BCUT2D eigenvalue weighted by atomic mass is 10.2. The zero-order valence-electron chi connectivity index (χ0n) is 11.7. The van der Waals surface area contributed by atoms with E-state index in [1.54, 1.807) is 18.3 Å². The highest BCUT2D eigenvalue weighted by Gasteiger charge is 2.05. The standard InChI is InChI=1S/C16H14N4O2/c21-15(14-9-5-10-17-12-14)19-20-16(22)18-11-4-8-13-6-2-1-3-7-13/h1-3,5-7,9-10,12H,11H2,(H,19,21)(H2,18,20,22). The largest absolute Gasteiger partial charge is 0.334 e. The van der Waals surface area contributed by atoms with Crippen molar-refractivity contribution in [3.63, 3.8) is 0 Å². The minimum atomic E-state index is -0.542. The predicted octanol–water partition coefficient (Wildman–Crippen LogP) is 1.08. The lowest BCUT2D eigenvalue weighted by Crippen LogP contribution is -2.47. The van der Waals surface area contributed by atoms with Gasteiger partial charge in [-0.05, 0) is 24.3 Å². The second-order valence-electron chi connectivity index (χ2n) is 4.17. The van der Waals surface area contributed by atoms with E-state index in [9.17, 15) is 9.59 Å². The van der Waals surface area contributed by atoms with Gasteiger partial charge in [-0.2, -0.15) is 0 Å². The Morgan fingerprint density at radius 3 is 2.59 bits per heavy atom. The summed E-state index contributed by atoms with van der Waals surface area (Å²) in [6.07, 6.45) is 2.96. The molecule has 3 N–H and O–H groups in total. The third-order valence-corrected chi connectivity index (χ3v) is 2.56. The Kier molecular flexibility index (Phi) is 5.53. The number of rotatable bonds is 2. The van der Waals surface area contributed by atoms with Gasteiger partial charge < -0.3 is 5.32 Å². The number of urea groups is 1. The third kappa shape index (κ3) is 4.98. The summed E-state index contributed by atoms with van der Waals surface area (Å²) in [4.78, 5) is 26.9. The molecule has 0 aliphatic carbocycles. The van der Waals surface area contributed by atoms with Crippen LogP contribution in [0.4, 0.5) is 4.79 Å². The van der Waals surface area contributed by atoms with Crippen LogP contribution < -0.4 is 16.2 Å². The first-order chi connectivity index (χ1) is 10.8. The lowest BCUT2D eigenvalue weighted by Gasteiger charge is -2.06. The molecule has 1 aromatic carbocycles. The van der Waals surface area contributed by atoms with Crippen molar-refractivity contribution in [1.29, 1.82) is 0 Å². The molecule has 0 radical (unpaired) electrons. The van der Waals surface area contributed by atoms with Crippen molar-refractivity contribution in [3.05, 3.63) is 66.0 Å². The average molecular weight is 294 g/mol. The number of amides is 3. The van der Waals surface area contributed by atoms with E-state index in [1.165, 1.54) is 6.20 Å². The summed E-state index contributed by atoms with van der Waals surface area (Å²) in [6, 6.07) is 12.1. The summed E-state index contributed by atoms with van der Waals surface area (Å²) in [6.45, 7) is 0.170. The molecule has 0 atom stereocenters. The molecule has 2 rings (SSSR count). The number of carbonyl (C=O) groups is 2. The number of hydrazine groups is 1. The molecule has 0 bridgehead atoms. The van der Waals surface area contributed by atoms with Crippen LogP contribution in [-0.4, -0.2) is 23.5 Å². The van der Waals surface area contributed by atoms with Crippen LogP contribution in [0.5, 0.6) is 0 Å². The molecular weight excluding hydrogens is 280 g/mol. The second-order valence-corrected chi connectivity index (χ2v) is 4.17. The van der Waals surface area contributed by atoms with Gasteiger partial charge in [0.05, 0.1) is 12.1 Å². The van der Waals surface area contributed by atoms with Crippen LogP contribution in [0, 0.1) is 11.8 Å². The molecule has 0 unspecified atom stereocenters. The fraction of sp³-hybridized carbons (Fsp3) is 0.0625. The maximum atomic E-state index is 11.6. The monoisotopic (exact) mass is 294 g/mol. The highest BCUT2D eigenvalue weighted by molar-refractivity contribution is 5.94. The Balaban J connectivity index is 1.71. The molecule has 3 amide bonds. The van der Waals surface area contributed by atoms with Crippen molar-refractivity contribution in [3.8, 4) is 11.8 Å². The number of hydrogen-bond donors (Lipinski definition) is 3. The van der Waals surface area contributed by atoms with Gasteiger partial charge in [-0.15, -0.1) is 0 Å². The molecule has 2 aromatic rings. The summed E-state index contributed by atoms with van der Waals surface area (Å²) in [7, 11) is 0. The number of nitrogens with zero attached hydrogens (tertiary/aromatic N) is 1. The van der Waals surface area contributed by atoms with Crippen LogP contribution >= 0.6 is 0 Å². The van der Waals surface area contributed by atoms with Crippen LogP contribution in [0.3, 0.4) is 0 Å². The van der Waals surface area contributed by atoms with Crippen molar-refractivity contribution in [2.75, 3.05) is 6.54 Å². The summed E-state index contributed by atoms with van der Waals surface area (Å²) >= 11 is 0. The van der Waals surface area contributed by atoms with Crippen LogP contribution in [0.2, 0.25) is 0 Å². The van der Waals surface area contributed by atoms with Gasteiger partial charge in [-0.25, -0.2) is 10.2 Å². The summed E-state index contributed by atoms with van der Waals surface area (Å²) in [5.41, 5.74) is 5.73. The molecule has 1 heterocycles. The number of nitrogens with one attached hydrogen (secondary N) is 3. The Hall–Kier alpha value is -3.33. The average Bonchev–Trinajstić information content (AvgIpc) is 2.58. The quantitative estimate of drug-likeness (QED) is 0.572.